The lowest BCUT2D eigenvalue weighted by Gasteiger charge is -2.20. The topological polar surface area (TPSA) is 55.4 Å². The average Bonchev–Trinajstić information content (AvgIpc) is 2.89. The molecule has 0 heterocycles. The Morgan fingerprint density at radius 2 is 1.81 bits per heavy atom. The lowest BCUT2D eigenvalue weighted by Crippen LogP contribution is -2.45. The van der Waals surface area contributed by atoms with Crippen LogP contribution in [0.25, 0.3) is 0 Å². The fourth-order valence-electron chi connectivity index (χ4n) is 2.86. The van der Waals surface area contributed by atoms with Crippen molar-refractivity contribution in [3.8, 4) is 0 Å². The van der Waals surface area contributed by atoms with Crippen molar-refractivity contribution >= 4 is 11.9 Å². The number of fused-ring (bicyclic) bond motifs is 1. The fraction of sp³-hybridized carbons (Fsp3) is 0.529. The summed E-state index contributed by atoms with van der Waals surface area (Å²) in [6, 6.07) is 7.57. The molecular formula is C17H23NO3. The third kappa shape index (κ3) is 3.84. The quantitative estimate of drug-likeness (QED) is 0.845. The smallest absolute Gasteiger partial charge is 0.328 e. The van der Waals surface area contributed by atoms with Crippen molar-refractivity contribution in [1.29, 1.82) is 0 Å². The molecule has 1 aromatic carbocycles. The minimum Gasteiger partial charge on any atom is -0.467 e. The van der Waals surface area contributed by atoms with Crippen molar-refractivity contribution in [1.82, 2.24) is 5.32 Å². The molecule has 114 valence electrons. The third-order valence-corrected chi connectivity index (χ3v) is 3.93. The summed E-state index contributed by atoms with van der Waals surface area (Å²) in [5.41, 5.74) is 2.47. The Labute approximate surface area is 125 Å². The number of hydrogen-bond acceptors (Lipinski definition) is 3. The fourth-order valence-corrected chi connectivity index (χ4v) is 2.86. The van der Waals surface area contributed by atoms with Gasteiger partial charge < -0.3 is 10.1 Å². The van der Waals surface area contributed by atoms with Crippen molar-refractivity contribution in [3.05, 3.63) is 35.4 Å². The van der Waals surface area contributed by atoms with E-state index in [9.17, 15) is 9.59 Å². The van der Waals surface area contributed by atoms with Crippen LogP contribution in [0.5, 0.6) is 0 Å². The van der Waals surface area contributed by atoms with E-state index in [1.165, 1.54) is 18.2 Å². The molecule has 1 amide bonds. The van der Waals surface area contributed by atoms with Crippen LogP contribution in [0.1, 0.15) is 31.4 Å². The van der Waals surface area contributed by atoms with Crippen molar-refractivity contribution in [3.63, 3.8) is 0 Å². The van der Waals surface area contributed by atoms with Crippen LogP contribution < -0.4 is 5.32 Å². The molecule has 0 saturated heterocycles. The van der Waals surface area contributed by atoms with E-state index < -0.39 is 6.04 Å². The highest BCUT2D eigenvalue weighted by molar-refractivity contribution is 5.86. The van der Waals surface area contributed by atoms with Gasteiger partial charge in [-0.2, -0.15) is 0 Å². The molecule has 0 saturated carbocycles. The standard InChI is InChI=1S/C17H23NO3/c1-11(2)8-15(17(20)21-3)18-16(19)14-9-12-6-4-5-7-13(12)10-14/h4-7,11,14-15H,8-10H2,1-3H3,(H,18,19). The molecule has 4 nitrogen and oxygen atoms in total. The van der Waals surface area contributed by atoms with E-state index in [2.05, 4.69) is 17.4 Å². The van der Waals surface area contributed by atoms with E-state index in [1.807, 2.05) is 26.0 Å². The van der Waals surface area contributed by atoms with Gasteiger partial charge in [0.05, 0.1) is 7.11 Å². The maximum Gasteiger partial charge on any atom is 0.328 e. The van der Waals surface area contributed by atoms with Gasteiger partial charge in [0.1, 0.15) is 6.04 Å². The summed E-state index contributed by atoms with van der Waals surface area (Å²) >= 11 is 0. The molecule has 2 rings (SSSR count). The Bertz CT molecular complexity index is 500. The van der Waals surface area contributed by atoms with Gasteiger partial charge in [0.15, 0.2) is 0 Å². The first kappa shape index (κ1) is 15.5. The molecule has 0 spiro atoms. The normalized spacial score (nSPS) is 15.6. The van der Waals surface area contributed by atoms with Crippen LogP contribution in [0.4, 0.5) is 0 Å². The molecule has 0 bridgehead atoms. The summed E-state index contributed by atoms with van der Waals surface area (Å²) in [6.45, 7) is 4.04. The Morgan fingerprint density at radius 1 is 1.24 bits per heavy atom. The van der Waals surface area contributed by atoms with E-state index in [0.717, 1.165) is 12.8 Å². The summed E-state index contributed by atoms with van der Waals surface area (Å²) < 4.78 is 4.78. The van der Waals surface area contributed by atoms with E-state index >= 15 is 0 Å². The number of nitrogens with one attached hydrogen (secondary N) is 1. The monoisotopic (exact) mass is 289 g/mol. The number of carbonyl (C=O) groups is 2. The summed E-state index contributed by atoms with van der Waals surface area (Å²) in [6.07, 6.45) is 2.09. The Morgan fingerprint density at radius 3 is 2.29 bits per heavy atom. The molecule has 1 aliphatic rings. The average molecular weight is 289 g/mol. The van der Waals surface area contributed by atoms with Crippen molar-refractivity contribution < 1.29 is 14.3 Å². The number of benzene rings is 1. The molecule has 4 heteroatoms. The summed E-state index contributed by atoms with van der Waals surface area (Å²) in [7, 11) is 1.35. The number of esters is 1. The molecule has 1 N–H and O–H groups in total. The van der Waals surface area contributed by atoms with Gasteiger partial charge in [-0.25, -0.2) is 4.79 Å². The number of hydrogen-bond donors (Lipinski definition) is 1. The van der Waals surface area contributed by atoms with E-state index in [4.69, 9.17) is 4.74 Å². The minimum absolute atomic E-state index is 0.0535. The van der Waals surface area contributed by atoms with E-state index in [1.54, 1.807) is 0 Å². The number of rotatable bonds is 5. The first-order valence-electron chi connectivity index (χ1n) is 7.46. The number of methoxy groups -OCH3 is 1. The summed E-state index contributed by atoms with van der Waals surface area (Å²) in [5.74, 6) is -0.188. The number of amides is 1. The first-order valence-corrected chi connectivity index (χ1v) is 7.46. The van der Waals surface area contributed by atoms with Crippen LogP contribution in [-0.2, 0) is 27.2 Å². The van der Waals surface area contributed by atoms with Gasteiger partial charge in [0.25, 0.3) is 0 Å². The predicted octanol–water partition coefficient (Wildman–Crippen LogP) is 2.11. The Kier molecular flexibility index (Phi) is 4.99. The molecule has 0 aliphatic heterocycles. The second-order valence-corrected chi connectivity index (χ2v) is 6.09. The highest BCUT2D eigenvalue weighted by atomic mass is 16.5. The zero-order valence-corrected chi connectivity index (χ0v) is 12.9. The molecule has 1 aromatic rings. The first-order chi connectivity index (χ1) is 10.0. The SMILES string of the molecule is COC(=O)C(CC(C)C)NC(=O)C1Cc2ccccc2C1. The van der Waals surface area contributed by atoms with Gasteiger partial charge in [-0.15, -0.1) is 0 Å². The highest BCUT2D eigenvalue weighted by Crippen LogP contribution is 2.26. The highest BCUT2D eigenvalue weighted by Gasteiger charge is 2.30. The molecule has 21 heavy (non-hydrogen) atoms. The summed E-state index contributed by atoms with van der Waals surface area (Å²) in [5, 5.41) is 2.86. The van der Waals surface area contributed by atoms with Crippen LogP contribution in [0.15, 0.2) is 24.3 Å². The molecule has 0 radical (unpaired) electrons. The molecule has 1 aliphatic carbocycles. The van der Waals surface area contributed by atoms with Gasteiger partial charge in [-0.1, -0.05) is 38.1 Å². The number of ether oxygens (including phenoxy) is 1. The second-order valence-electron chi connectivity index (χ2n) is 6.09. The van der Waals surface area contributed by atoms with Crippen molar-refractivity contribution in [2.45, 2.75) is 39.2 Å². The largest absolute Gasteiger partial charge is 0.467 e. The third-order valence-electron chi connectivity index (χ3n) is 3.93. The lowest BCUT2D eigenvalue weighted by molar-refractivity contribution is -0.146. The Hall–Kier alpha value is -1.84. The van der Waals surface area contributed by atoms with Gasteiger partial charge in [-0.3, -0.25) is 4.79 Å². The van der Waals surface area contributed by atoms with Crippen molar-refractivity contribution in [2.75, 3.05) is 7.11 Å². The molecule has 1 atom stereocenters. The minimum atomic E-state index is -0.550. The van der Waals surface area contributed by atoms with Crippen LogP contribution in [0.3, 0.4) is 0 Å². The zero-order valence-electron chi connectivity index (χ0n) is 12.9. The van der Waals surface area contributed by atoms with Gasteiger partial charge >= 0.3 is 5.97 Å². The number of carbonyl (C=O) groups excluding carboxylic acids is 2. The van der Waals surface area contributed by atoms with Crippen LogP contribution in [-0.4, -0.2) is 25.0 Å². The van der Waals surface area contributed by atoms with E-state index in [-0.39, 0.29) is 17.8 Å². The van der Waals surface area contributed by atoms with Gasteiger partial charge in [0.2, 0.25) is 5.91 Å². The Balaban J connectivity index is 1.99. The summed E-state index contributed by atoms with van der Waals surface area (Å²) in [4.78, 5) is 24.2. The van der Waals surface area contributed by atoms with Gasteiger partial charge in [-0.05, 0) is 36.3 Å². The molecule has 1 unspecified atom stereocenters. The van der Waals surface area contributed by atoms with Crippen LogP contribution >= 0.6 is 0 Å². The zero-order chi connectivity index (χ0) is 15.4. The van der Waals surface area contributed by atoms with Crippen LogP contribution in [0, 0.1) is 11.8 Å². The van der Waals surface area contributed by atoms with E-state index in [0.29, 0.717) is 12.3 Å². The van der Waals surface area contributed by atoms with Crippen LogP contribution in [0.2, 0.25) is 0 Å². The maximum atomic E-state index is 12.4. The molecule has 0 aromatic heterocycles. The van der Waals surface area contributed by atoms with Gasteiger partial charge in [0, 0.05) is 5.92 Å². The maximum absolute atomic E-state index is 12.4. The predicted molar refractivity (Wildman–Crippen MR) is 80.7 cm³/mol. The lowest BCUT2D eigenvalue weighted by atomic mass is 10.0. The molecule has 0 fully saturated rings. The van der Waals surface area contributed by atoms with Crippen molar-refractivity contribution in [2.24, 2.45) is 11.8 Å². The second kappa shape index (κ2) is 6.74. The molecular weight excluding hydrogens is 266 g/mol.